The zero-order chi connectivity index (χ0) is 18.4. The van der Waals surface area contributed by atoms with Crippen LogP contribution in [0, 0.1) is 5.82 Å². The fraction of sp³-hybridized carbons (Fsp3) is 0.176. The second-order valence-electron chi connectivity index (χ2n) is 5.53. The summed E-state index contributed by atoms with van der Waals surface area (Å²) in [6.45, 7) is 0. The van der Waals surface area contributed by atoms with Gasteiger partial charge in [0.25, 0.3) is 0 Å². The van der Waals surface area contributed by atoms with Gasteiger partial charge in [-0.3, -0.25) is 0 Å². The van der Waals surface area contributed by atoms with Gasteiger partial charge in [-0.05, 0) is 29.8 Å². The number of aromatic amines is 1. The molecule has 0 amide bonds. The number of aromatic nitrogens is 1. The molecule has 0 saturated heterocycles. The van der Waals surface area contributed by atoms with Gasteiger partial charge in [0, 0.05) is 22.2 Å². The van der Waals surface area contributed by atoms with E-state index in [0.29, 0.717) is 29.1 Å². The van der Waals surface area contributed by atoms with Crippen molar-refractivity contribution in [1.29, 1.82) is 0 Å². The molecule has 1 nitrogen and oxygen atoms in total. The molecule has 132 valence electrons. The number of halogens is 7. The van der Waals surface area contributed by atoms with E-state index in [4.69, 9.17) is 0 Å². The van der Waals surface area contributed by atoms with Crippen LogP contribution in [0.3, 0.4) is 0 Å². The number of rotatable bonds is 2. The highest BCUT2D eigenvalue weighted by molar-refractivity contribution is 5.85. The van der Waals surface area contributed by atoms with Gasteiger partial charge >= 0.3 is 12.4 Å². The third-order valence-corrected chi connectivity index (χ3v) is 3.80. The number of benzene rings is 2. The molecule has 0 aliphatic rings. The summed E-state index contributed by atoms with van der Waals surface area (Å²) in [4.78, 5) is 2.79. The van der Waals surface area contributed by atoms with Crippen LogP contribution < -0.4 is 0 Å². The predicted octanol–water partition coefficient (Wildman–Crippen LogP) is 6.18. The average Bonchev–Trinajstić information content (AvgIpc) is 2.90. The molecule has 0 atom stereocenters. The van der Waals surface area contributed by atoms with Crippen molar-refractivity contribution in [2.45, 2.75) is 18.3 Å². The van der Waals surface area contributed by atoms with Crippen LogP contribution in [0.1, 0.15) is 11.5 Å². The Labute approximate surface area is 137 Å². The Morgan fingerprint density at radius 3 is 2.04 bits per heavy atom. The molecule has 1 N–H and O–H groups in total. The Kier molecular flexibility index (Phi) is 4.01. The van der Waals surface area contributed by atoms with E-state index in [1.165, 1.54) is 6.07 Å². The monoisotopic (exact) mass is 361 g/mol. The summed E-state index contributed by atoms with van der Waals surface area (Å²) in [5.41, 5.74) is -0.726. The maximum atomic E-state index is 14.1. The lowest BCUT2D eigenvalue weighted by atomic mass is 9.95. The summed E-state index contributed by atoms with van der Waals surface area (Å²) >= 11 is 0. The molecule has 3 rings (SSSR count). The van der Waals surface area contributed by atoms with E-state index in [9.17, 15) is 30.7 Å². The molecule has 0 radical (unpaired) electrons. The molecule has 0 aliphatic carbocycles. The molecule has 0 bridgehead atoms. The van der Waals surface area contributed by atoms with Gasteiger partial charge in [0.2, 0.25) is 0 Å². The zero-order valence-corrected chi connectivity index (χ0v) is 12.3. The smallest absolute Gasteiger partial charge is 0.354 e. The molecule has 1 heterocycles. The van der Waals surface area contributed by atoms with Gasteiger partial charge in [-0.25, -0.2) is 4.39 Å². The minimum atomic E-state index is -5.53. The van der Waals surface area contributed by atoms with Crippen LogP contribution in [0.4, 0.5) is 30.7 Å². The van der Waals surface area contributed by atoms with Crippen LogP contribution >= 0.6 is 0 Å². The largest absolute Gasteiger partial charge is 0.404 e. The molecule has 0 unspecified atom stereocenters. The van der Waals surface area contributed by atoms with E-state index >= 15 is 0 Å². The third kappa shape index (κ3) is 3.33. The van der Waals surface area contributed by atoms with Gasteiger partial charge in [-0.1, -0.05) is 24.3 Å². The van der Waals surface area contributed by atoms with Crippen molar-refractivity contribution in [2.24, 2.45) is 0 Å². The maximum Gasteiger partial charge on any atom is 0.404 e. The number of nitrogens with one attached hydrogen (secondary N) is 1. The topological polar surface area (TPSA) is 15.8 Å². The molecular formula is C17H10F7N. The Balaban J connectivity index is 2.15. The molecule has 0 spiro atoms. The third-order valence-electron chi connectivity index (χ3n) is 3.80. The van der Waals surface area contributed by atoms with Crippen LogP contribution in [-0.2, 0) is 0 Å². The van der Waals surface area contributed by atoms with Gasteiger partial charge in [0.15, 0.2) is 5.92 Å². The van der Waals surface area contributed by atoms with Crippen molar-refractivity contribution in [3.8, 4) is 11.3 Å². The Hall–Kier alpha value is -2.51. The highest BCUT2D eigenvalue weighted by Gasteiger charge is 2.57. The van der Waals surface area contributed by atoms with E-state index < -0.39 is 29.7 Å². The standard InChI is InChI=1S/C17H10F7N/c18-12-6-5-10(15(16(19,20)21)17(22,23)24)7-11(12)14-8-9-3-1-2-4-13(9)25-14/h1-8,15,25H. The van der Waals surface area contributed by atoms with Crippen molar-refractivity contribution < 1.29 is 30.7 Å². The molecule has 25 heavy (non-hydrogen) atoms. The SMILES string of the molecule is Fc1ccc(C(C(F)(F)F)C(F)(F)F)cc1-c1cc2ccccc2[nH]1. The van der Waals surface area contributed by atoms with Crippen molar-refractivity contribution in [3.63, 3.8) is 0 Å². The first kappa shape index (κ1) is 17.3. The summed E-state index contributed by atoms with van der Waals surface area (Å²) in [6, 6.07) is 9.92. The quantitative estimate of drug-likeness (QED) is 0.525. The highest BCUT2D eigenvalue weighted by Crippen LogP contribution is 2.47. The van der Waals surface area contributed by atoms with E-state index in [-0.39, 0.29) is 11.3 Å². The van der Waals surface area contributed by atoms with Crippen LogP contribution in [0.2, 0.25) is 0 Å². The first-order valence-corrected chi connectivity index (χ1v) is 7.08. The summed E-state index contributed by atoms with van der Waals surface area (Å²) in [5, 5.41) is 0.658. The number of hydrogen-bond donors (Lipinski definition) is 1. The normalized spacial score (nSPS) is 13.0. The molecule has 0 aliphatic heterocycles. The molecule has 8 heteroatoms. The van der Waals surface area contributed by atoms with Crippen LogP contribution in [0.5, 0.6) is 0 Å². The Morgan fingerprint density at radius 1 is 0.800 bits per heavy atom. The van der Waals surface area contributed by atoms with Crippen molar-refractivity contribution >= 4 is 10.9 Å². The first-order valence-electron chi connectivity index (χ1n) is 7.08. The number of fused-ring (bicyclic) bond motifs is 1. The molecule has 2 aromatic carbocycles. The van der Waals surface area contributed by atoms with Gasteiger partial charge < -0.3 is 4.98 Å². The maximum absolute atomic E-state index is 14.1. The summed E-state index contributed by atoms with van der Waals surface area (Å²) < 4.78 is 91.4. The fourth-order valence-electron chi connectivity index (χ4n) is 2.71. The number of hydrogen-bond acceptors (Lipinski definition) is 0. The zero-order valence-electron chi connectivity index (χ0n) is 12.3. The van der Waals surface area contributed by atoms with E-state index in [0.717, 1.165) is 0 Å². The van der Waals surface area contributed by atoms with Crippen LogP contribution in [0.15, 0.2) is 48.5 Å². The Morgan fingerprint density at radius 2 is 1.44 bits per heavy atom. The Bertz CT molecular complexity index is 858. The average molecular weight is 361 g/mol. The lowest BCUT2D eigenvalue weighted by Crippen LogP contribution is -2.34. The molecule has 3 aromatic rings. The molecule has 0 saturated carbocycles. The summed E-state index contributed by atoms with van der Waals surface area (Å²) in [6.07, 6.45) is -11.1. The highest BCUT2D eigenvalue weighted by atomic mass is 19.4. The number of H-pyrrole nitrogens is 1. The van der Waals surface area contributed by atoms with E-state index in [1.54, 1.807) is 24.3 Å². The van der Waals surface area contributed by atoms with Crippen molar-refractivity contribution in [2.75, 3.05) is 0 Å². The van der Waals surface area contributed by atoms with Gasteiger partial charge in [-0.2, -0.15) is 26.3 Å². The summed E-state index contributed by atoms with van der Waals surface area (Å²) in [7, 11) is 0. The molecule has 0 fully saturated rings. The minimum absolute atomic E-state index is 0.101. The first-order chi connectivity index (χ1) is 11.6. The molecule has 1 aromatic heterocycles. The number of alkyl halides is 6. The van der Waals surface area contributed by atoms with Crippen molar-refractivity contribution in [1.82, 2.24) is 4.98 Å². The number of para-hydroxylation sites is 1. The second-order valence-corrected chi connectivity index (χ2v) is 5.53. The second kappa shape index (κ2) is 5.79. The van der Waals surface area contributed by atoms with Crippen LogP contribution in [-0.4, -0.2) is 17.3 Å². The van der Waals surface area contributed by atoms with E-state index in [2.05, 4.69) is 4.98 Å². The predicted molar refractivity (Wildman–Crippen MR) is 78.5 cm³/mol. The lowest BCUT2D eigenvalue weighted by Gasteiger charge is -2.23. The van der Waals surface area contributed by atoms with E-state index in [1.807, 2.05) is 0 Å². The van der Waals surface area contributed by atoms with Crippen molar-refractivity contribution in [3.05, 3.63) is 59.9 Å². The minimum Gasteiger partial charge on any atom is -0.354 e. The lowest BCUT2D eigenvalue weighted by molar-refractivity contribution is -0.253. The van der Waals surface area contributed by atoms with Gasteiger partial charge in [0.1, 0.15) is 5.82 Å². The van der Waals surface area contributed by atoms with Gasteiger partial charge in [-0.15, -0.1) is 0 Å². The van der Waals surface area contributed by atoms with Crippen LogP contribution in [0.25, 0.3) is 22.2 Å². The summed E-state index contributed by atoms with van der Waals surface area (Å²) in [5.74, 6) is -4.60. The fourth-order valence-corrected chi connectivity index (χ4v) is 2.71. The molecular weight excluding hydrogens is 351 g/mol. The van der Waals surface area contributed by atoms with Gasteiger partial charge in [0.05, 0.1) is 0 Å².